The van der Waals surface area contributed by atoms with Crippen LogP contribution in [0.1, 0.15) is 131 Å². The largest absolute Gasteiger partial charge is 0.379 e. The summed E-state index contributed by atoms with van der Waals surface area (Å²) in [5.74, 6) is -2.49. The van der Waals surface area contributed by atoms with Crippen molar-refractivity contribution in [3.05, 3.63) is 52.5 Å². The van der Waals surface area contributed by atoms with Crippen molar-refractivity contribution in [1.82, 2.24) is 30.7 Å². The molecule has 0 saturated carbocycles. The lowest BCUT2D eigenvalue weighted by molar-refractivity contribution is -0.148. The van der Waals surface area contributed by atoms with E-state index in [1.54, 1.807) is 46.2 Å². The highest BCUT2D eigenvalue weighted by molar-refractivity contribution is 7.09. The zero-order valence-corrected chi connectivity index (χ0v) is 42.5. The van der Waals surface area contributed by atoms with Crippen LogP contribution in [0.4, 0.5) is 0 Å². The van der Waals surface area contributed by atoms with Gasteiger partial charge in [0.1, 0.15) is 16.6 Å². The molecule has 1 aliphatic heterocycles. The first-order valence-corrected chi connectivity index (χ1v) is 24.1. The molecule has 2 aromatic rings. The average molecular weight is 928 g/mol. The van der Waals surface area contributed by atoms with Crippen LogP contribution >= 0.6 is 11.3 Å². The summed E-state index contributed by atoms with van der Waals surface area (Å²) < 4.78 is 18.1. The molecule has 16 heteroatoms. The minimum atomic E-state index is -1.33. The van der Waals surface area contributed by atoms with E-state index < -0.39 is 52.8 Å². The van der Waals surface area contributed by atoms with Gasteiger partial charge in [-0.15, -0.1) is 11.3 Å². The zero-order valence-electron chi connectivity index (χ0n) is 41.7. The first-order valence-electron chi connectivity index (χ1n) is 23.3. The maximum absolute atomic E-state index is 14.5. The second-order valence-corrected chi connectivity index (χ2v) is 21.0. The SMILES string of the molecule is CC[C@H](C)[C@@H]([C@@H](CC(=O)N1CCC[C@H]1[C@H](OC)[C@@H](C)C(=O)NC(Cc1ccccc1)c1nccs1)OC)N(C)C(=O)[C@@H](NC(=O)C(C)(C)NC(=O)CCC(C)(C)OCC(C)(C)N)C(C)C. The molecule has 1 aromatic carbocycles. The van der Waals surface area contributed by atoms with Gasteiger partial charge in [-0.2, -0.15) is 0 Å². The van der Waals surface area contributed by atoms with Crippen LogP contribution < -0.4 is 21.7 Å². The fourth-order valence-electron chi connectivity index (χ4n) is 8.46. The van der Waals surface area contributed by atoms with Gasteiger partial charge in [0.2, 0.25) is 29.5 Å². The van der Waals surface area contributed by atoms with E-state index in [0.29, 0.717) is 38.8 Å². The molecule has 15 nitrogen and oxygen atoms in total. The number of likely N-dealkylation sites (N-methyl/N-ethyl adjacent to an activating group) is 1. The van der Waals surface area contributed by atoms with Gasteiger partial charge in [0.05, 0.1) is 54.9 Å². The van der Waals surface area contributed by atoms with Gasteiger partial charge in [-0.25, -0.2) is 4.98 Å². The third-order valence-corrected chi connectivity index (χ3v) is 13.5. The Morgan fingerprint density at radius 2 is 1.65 bits per heavy atom. The van der Waals surface area contributed by atoms with E-state index in [9.17, 15) is 24.0 Å². The Balaban J connectivity index is 1.73. The summed E-state index contributed by atoms with van der Waals surface area (Å²) in [6, 6.07) is 7.82. The highest BCUT2D eigenvalue weighted by atomic mass is 32.1. The van der Waals surface area contributed by atoms with Gasteiger partial charge in [0.15, 0.2) is 0 Å². The maximum Gasteiger partial charge on any atom is 0.245 e. The number of hydrogen-bond acceptors (Lipinski definition) is 11. The predicted octanol–water partition coefficient (Wildman–Crippen LogP) is 5.81. The molecule has 0 spiro atoms. The summed E-state index contributed by atoms with van der Waals surface area (Å²) in [6.45, 7) is 21.2. The molecule has 1 saturated heterocycles. The van der Waals surface area contributed by atoms with E-state index in [1.165, 1.54) is 11.3 Å². The second-order valence-electron chi connectivity index (χ2n) is 20.1. The molecule has 1 aromatic heterocycles. The van der Waals surface area contributed by atoms with Crippen LogP contribution in [0.3, 0.4) is 0 Å². The smallest absolute Gasteiger partial charge is 0.245 e. The minimum Gasteiger partial charge on any atom is -0.379 e. The van der Waals surface area contributed by atoms with Gasteiger partial charge in [0, 0.05) is 51.3 Å². The van der Waals surface area contributed by atoms with Gasteiger partial charge in [0.25, 0.3) is 0 Å². The molecule has 5 amide bonds. The van der Waals surface area contributed by atoms with Crippen LogP contribution in [-0.4, -0.2) is 126 Å². The first-order chi connectivity index (χ1) is 30.4. The Morgan fingerprint density at radius 1 is 0.985 bits per heavy atom. The summed E-state index contributed by atoms with van der Waals surface area (Å²) in [5, 5.41) is 11.7. The third kappa shape index (κ3) is 16.4. The Bertz CT molecular complexity index is 1820. The first kappa shape index (κ1) is 55.4. The number of carbonyl (C=O) groups excluding carboxylic acids is 5. The molecule has 0 bridgehead atoms. The standard InChI is InChI=1S/C49H81N7O8S/c1-15-32(4)41(55(12)45(60)40(31(2)3)53-46(61)49(10,11)54-38(57)23-24-48(8,9)64-30-47(6,7)50)37(62-13)29-39(58)56-26-19-22-36(56)42(63-14)33(5)43(59)52-35(44-51-25-27-65-44)28-34-20-17-16-18-21-34/h16-18,20-21,25,27,31-33,35-37,40-42H,15,19,22-24,26,28-30,50H2,1-14H3,(H,52,59)(H,53,61)(H,54,57)/t32-,33+,35?,36-,37+,40-,41-,42+/m0/s1. The predicted molar refractivity (Wildman–Crippen MR) is 256 cm³/mol. The van der Waals surface area contributed by atoms with Crippen LogP contribution in [0.15, 0.2) is 41.9 Å². The number of methoxy groups -OCH3 is 2. The lowest BCUT2D eigenvalue weighted by Crippen LogP contribution is -2.62. The lowest BCUT2D eigenvalue weighted by atomic mass is 9.89. The van der Waals surface area contributed by atoms with E-state index in [4.69, 9.17) is 19.9 Å². The van der Waals surface area contributed by atoms with Crippen molar-refractivity contribution >= 4 is 40.9 Å². The maximum atomic E-state index is 14.5. The molecular weight excluding hydrogens is 847 g/mol. The molecule has 1 fully saturated rings. The molecule has 1 aliphatic rings. The number of likely N-dealkylation sites (tertiary alicyclic amines) is 1. The van der Waals surface area contributed by atoms with Crippen molar-refractivity contribution in [2.75, 3.05) is 34.4 Å². The van der Waals surface area contributed by atoms with Crippen LogP contribution in [0.5, 0.6) is 0 Å². The molecule has 366 valence electrons. The molecule has 8 atom stereocenters. The van der Waals surface area contributed by atoms with Gasteiger partial charge >= 0.3 is 0 Å². The molecular formula is C49H81N7O8S. The molecule has 0 radical (unpaired) electrons. The molecule has 2 heterocycles. The number of hydrogen-bond donors (Lipinski definition) is 4. The Morgan fingerprint density at radius 3 is 2.20 bits per heavy atom. The number of thiazole rings is 1. The summed E-state index contributed by atoms with van der Waals surface area (Å²) in [4.78, 5) is 77.8. The van der Waals surface area contributed by atoms with E-state index in [2.05, 4.69) is 20.9 Å². The van der Waals surface area contributed by atoms with Crippen LogP contribution in [0.25, 0.3) is 0 Å². The van der Waals surface area contributed by atoms with E-state index in [1.807, 2.05) is 103 Å². The van der Waals surface area contributed by atoms with Crippen molar-refractivity contribution in [3.63, 3.8) is 0 Å². The van der Waals surface area contributed by atoms with Gasteiger partial charge in [-0.3, -0.25) is 24.0 Å². The molecule has 65 heavy (non-hydrogen) atoms. The highest BCUT2D eigenvalue weighted by Gasteiger charge is 2.44. The number of ether oxygens (including phenoxy) is 3. The highest BCUT2D eigenvalue weighted by Crippen LogP contribution is 2.31. The average Bonchev–Trinajstić information content (AvgIpc) is 3.97. The molecule has 5 N–H and O–H groups in total. The van der Waals surface area contributed by atoms with Crippen LogP contribution in [-0.2, 0) is 44.6 Å². The van der Waals surface area contributed by atoms with E-state index in [-0.39, 0.29) is 60.4 Å². The summed E-state index contributed by atoms with van der Waals surface area (Å²) in [7, 11) is 4.82. The molecule has 0 aliphatic carbocycles. The normalized spacial score (nSPS) is 18.0. The van der Waals surface area contributed by atoms with Gasteiger partial charge in [-0.05, 0) is 84.6 Å². The van der Waals surface area contributed by atoms with E-state index in [0.717, 1.165) is 17.0 Å². The van der Waals surface area contributed by atoms with Crippen LogP contribution in [0, 0.1) is 17.8 Å². The monoisotopic (exact) mass is 928 g/mol. The number of nitrogens with two attached hydrogens (primary N) is 1. The number of benzene rings is 1. The van der Waals surface area contributed by atoms with Crippen molar-refractivity contribution < 1.29 is 38.2 Å². The zero-order chi connectivity index (χ0) is 48.9. The lowest BCUT2D eigenvalue weighted by Gasteiger charge is -2.41. The molecule has 3 rings (SSSR count). The van der Waals surface area contributed by atoms with E-state index >= 15 is 0 Å². The number of nitrogens with one attached hydrogen (secondary N) is 3. The topological polar surface area (TPSA) is 195 Å². The quantitative estimate of drug-likeness (QED) is 0.0895. The number of carbonyl (C=O) groups is 5. The number of amides is 5. The Hall–Kier alpha value is -3.96. The second kappa shape index (κ2) is 24.7. The molecule has 1 unspecified atom stereocenters. The van der Waals surface area contributed by atoms with Crippen molar-refractivity contribution in [2.24, 2.45) is 23.5 Å². The van der Waals surface area contributed by atoms with Crippen LogP contribution in [0.2, 0.25) is 0 Å². The fraction of sp³-hybridized carbons (Fsp3) is 0.714. The third-order valence-electron chi connectivity index (χ3n) is 12.6. The fourth-order valence-corrected chi connectivity index (χ4v) is 9.15. The van der Waals surface area contributed by atoms with Crippen molar-refractivity contribution in [1.29, 1.82) is 0 Å². The Labute approximate surface area is 393 Å². The minimum absolute atomic E-state index is 0.0105. The number of nitrogens with zero attached hydrogens (tertiary/aromatic N) is 3. The number of aromatic nitrogens is 1. The Kier molecular flexibility index (Phi) is 21.0. The van der Waals surface area contributed by atoms with Gasteiger partial charge < -0.3 is 45.7 Å². The van der Waals surface area contributed by atoms with Crippen molar-refractivity contribution in [3.8, 4) is 0 Å². The summed E-state index contributed by atoms with van der Waals surface area (Å²) in [6.07, 6.45) is 3.68. The number of rotatable bonds is 26. The summed E-state index contributed by atoms with van der Waals surface area (Å²) in [5.41, 5.74) is 4.70. The van der Waals surface area contributed by atoms with Crippen molar-refractivity contribution in [2.45, 2.75) is 174 Å². The van der Waals surface area contributed by atoms with Gasteiger partial charge in [-0.1, -0.05) is 71.4 Å². The summed E-state index contributed by atoms with van der Waals surface area (Å²) >= 11 is 1.49.